The summed E-state index contributed by atoms with van der Waals surface area (Å²) >= 11 is 0. The van der Waals surface area contributed by atoms with Crippen molar-refractivity contribution in [3.63, 3.8) is 0 Å². The second kappa shape index (κ2) is 11.5. The van der Waals surface area contributed by atoms with E-state index in [1.807, 2.05) is 47.4 Å². The molecule has 1 amide bonds. The third-order valence-corrected chi connectivity index (χ3v) is 4.77. The molecule has 3 rings (SSSR count). The van der Waals surface area contributed by atoms with Crippen LogP contribution in [0.2, 0.25) is 0 Å². The van der Waals surface area contributed by atoms with E-state index in [-0.39, 0.29) is 24.4 Å². The SMILES string of the molecule is C=CCOc1ccc(C(=O)N(Cc2ccccn2)C2CCCNCC2)cc1.Cl. The topological polar surface area (TPSA) is 54.5 Å². The van der Waals surface area contributed by atoms with Gasteiger partial charge in [0.1, 0.15) is 12.4 Å². The van der Waals surface area contributed by atoms with E-state index in [1.54, 1.807) is 12.3 Å². The lowest BCUT2D eigenvalue weighted by Gasteiger charge is -2.31. The first-order valence-corrected chi connectivity index (χ1v) is 9.53. The molecule has 2 heterocycles. The van der Waals surface area contributed by atoms with Gasteiger partial charge in [0.2, 0.25) is 0 Å². The molecule has 1 aromatic carbocycles. The van der Waals surface area contributed by atoms with E-state index in [0.717, 1.165) is 43.8 Å². The average molecular weight is 402 g/mol. The Balaban J connectivity index is 0.00000280. The monoisotopic (exact) mass is 401 g/mol. The molecule has 1 fully saturated rings. The Morgan fingerprint density at radius 3 is 2.75 bits per heavy atom. The summed E-state index contributed by atoms with van der Waals surface area (Å²) in [4.78, 5) is 19.7. The maximum Gasteiger partial charge on any atom is 0.254 e. The fourth-order valence-corrected chi connectivity index (χ4v) is 3.36. The predicted octanol–water partition coefficient (Wildman–Crippen LogP) is 3.85. The van der Waals surface area contributed by atoms with Gasteiger partial charge in [-0.1, -0.05) is 18.7 Å². The third-order valence-electron chi connectivity index (χ3n) is 4.77. The Bertz CT molecular complexity index is 729. The molecular weight excluding hydrogens is 374 g/mol. The van der Waals surface area contributed by atoms with Crippen LogP contribution in [0.15, 0.2) is 61.3 Å². The first-order valence-electron chi connectivity index (χ1n) is 9.53. The molecule has 0 bridgehead atoms. The van der Waals surface area contributed by atoms with Gasteiger partial charge in [-0.2, -0.15) is 0 Å². The minimum Gasteiger partial charge on any atom is -0.490 e. The van der Waals surface area contributed by atoms with Crippen LogP contribution in [-0.4, -0.2) is 41.5 Å². The van der Waals surface area contributed by atoms with Crippen molar-refractivity contribution in [2.75, 3.05) is 19.7 Å². The fraction of sp³-hybridized carbons (Fsp3) is 0.364. The molecule has 0 spiro atoms. The maximum absolute atomic E-state index is 13.3. The Labute approximate surface area is 173 Å². The van der Waals surface area contributed by atoms with Crippen molar-refractivity contribution in [2.24, 2.45) is 0 Å². The maximum atomic E-state index is 13.3. The summed E-state index contributed by atoms with van der Waals surface area (Å²) in [5, 5.41) is 3.42. The molecule has 2 aromatic rings. The zero-order chi connectivity index (χ0) is 18.9. The number of hydrogen-bond acceptors (Lipinski definition) is 4. The van der Waals surface area contributed by atoms with Crippen LogP contribution in [0.4, 0.5) is 0 Å². The lowest BCUT2D eigenvalue weighted by Crippen LogP contribution is -2.40. The highest BCUT2D eigenvalue weighted by molar-refractivity contribution is 5.94. The van der Waals surface area contributed by atoms with Gasteiger partial charge < -0.3 is 15.0 Å². The van der Waals surface area contributed by atoms with E-state index in [1.165, 1.54) is 0 Å². The smallest absolute Gasteiger partial charge is 0.254 e. The standard InChI is InChI=1S/C22H27N3O2.ClH/c1-2-16-27-21-10-8-18(9-11-21)22(26)25(17-19-6-3-4-14-24-19)20-7-5-13-23-15-12-20;/h2-4,6,8-11,14,20,23H,1,5,7,12-13,15-17H2;1H. The molecular formula is C22H28ClN3O2. The van der Waals surface area contributed by atoms with Crippen molar-refractivity contribution in [1.82, 2.24) is 15.2 Å². The Hall–Kier alpha value is -2.37. The number of aromatic nitrogens is 1. The summed E-state index contributed by atoms with van der Waals surface area (Å²) in [6, 6.07) is 13.4. The van der Waals surface area contributed by atoms with E-state index < -0.39 is 0 Å². The van der Waals surface area contributed by atoms with Gasteiger partial charge in [-0.05, 0) is 68.8 Å². The third kappa shape index (κ3) is 6.08. The average Bonchev–Trinajstić information content (AvgIpc) is 3.00. The molecule has 28 heavy (non-hydrogen) atoms. The minimum atomic E-state index is 0. The highest BCUT2D eigenvalue weighted by atomic mass is 35.5. The van der Waals surface area contributed by atoms with Gasteiger partial charge in [-0.25, -0.2) is 0 Å². The number of benzene rings is 1. The number of nitrogens with one attached hydrogen (secondary N) is 1. The van der Waals surface area contributed by atoms with E-state index in [4.69, 9.17) is 4.74 Å². The molecule has 1 saturated heterocycles. The van der Waals surface area contributed by atoms with Gasteiger partial charge in [-0.15, -0.1) is 12.4 Å². The molecule has 1 N–H and O–H groups in total. The predicted molar refractivity (Wildman–Crippen MR) is 114 cm³/mol. The van der Waals surface area contributed by atoms with Crippen LogP contribution < -0.4 is 10.1 Å². The Kier molecular flexibility index (Phi) is 8.98. The van der Waals surface area contributed by atoms with Gasteiger partial charge in [-0.3, -0.25) is 9.78 Å². The van der Waals surface area contributed by atoms with E-state index >= 15 is 0 Å². The van der Waals surface area contributed by atoms with Crippen LogP contribution in [0.3, 0.4) is 0 Å². The summed E-state index contributed by atoms with van der Waals surface area (Å²) in [5.41, 5.74) is 1.59. The zero-order valence-corrected chi connectivity index (χ0v) is 16.9. The molecule has 1 unspecified atom stereocenters. The second-order valence-corrected chi connectivity index (χ2v) is 6.71. The molecule has 5 nitrogen and oxygen atoms in total. The molecule has 0 radical (unpaired) electrons. The van der Waals surface area contributed by atoms with E-state index in [9.17, 15) is 4.79 Å². The molecule has 0 saturated carbocycles. The quantitative estimate of drug-likeness (QED) is 0.716. The van der Waals surface area contributed by atoms with Crippen molar-refractivity contribution >= 4 is 18.3 Å². The number of carbonyl (C=O) groups excluding carboxylic acids is 1. The lowest BCUT2D eigenvalue weighted by atomic mass is 10.0. The molecule has 1 atom stereocenters. The number of carbonyl (C=O) groups is 1. The van der Waals surface area contributed by atoms with Gasteiger partial charge in [0, 0.05) is 17.8 Å². The van der Waals surface area contributed by atoms with Crippen LogP contribution in [0.1, 0.15) is 35.3 Å². The molecule has 1 aliphatic rings. The number of nitrogens with zero attached hydrogens (tertiary/aromatic N) is 2. The first-order chi connectivity index (χ1) is 13.3. The molecule has 6 heteroatoms. The zero-order valence-electron chi connectivity index (χ0n) is 16.0. The van der Waals surface area contributed by atoms with Crippen molar-refractivity contribution in [2.45, 2.75) is 31.8 Å². The number of pyridine rings is 1. The number of ether oxygens (including phenoxy) is 1. The van der Waals surface area contributed by atoms with Gasteiger partial charge >= 0.3 is 0 Å². The van der Waals surface area contributed by atoms with Crippen LogP contribution in [-0.2, 0) is 6.54 Å². The minimum absolute atomic E-state index is 0. The normalized spacial score (nSPS) is 16.4. The van der Waals surface area contributed by atoms with Gasteiger partial charge in [0.25, 0.3) is 5.91 Å². The fourth-order valence-electron chi connectivity index (χ4n) is 3.36. The Morgan fingerprint density at radius 1 is 1.21 bits per heavy atom. The number of halogens is 1. The largest absolute Gasteiger partial charge is 0.490 e. The van der Waals surface area contributed by atoms with Crippen LogP contribution >= 0.6 is 12.4 Å². The Morgan fingerprint density at radius 2 is 2.04 bits per heavy atom. The van der Waals surface area contributed by atoms with Crippen LogP contribution in [0, 0.1) is 0 Å². The summed E-state index contributed by atoms with van der Waals surface area (Å²) in [7, 11) is 0. The van der Waals surface area contributed by atoms with Crippen molar-refractivity contribution in [3.05, 3.63) is 72.6 Å². The van der Waals surface area contributed by atoms with Crippen molar-refractivity contribution in [1.29, 1.82) is 0 Å². The summed E-state index contributed by atoms with van der Waals surface area (Å²) in [6.45, 7) is 6.57. The highest BCUT2D eigenvalue weighted by Gasteiger charge is 2.26. The molecule has 1 aliphatic heterocycles. The molecule has 150 valence electrons. The first kappa shape index (κ1) is 21.9. The molecule has 0 aliphatic carbocycles. The summed E-state index contributed by atoms with van der Waals surface area (Å²) in [5.74, 6) is 0.782. The molecule has 1 aromatic heterocycles. The van der Waals surface area contributed by atoms with Crippen LogP contribution in [0.25, 0.3) is 0 Å². The van der Waals surface area contributed by atoms with Crippen LogP contribution in [0.5, 0.6) is 5.75 Å². The van der Waals surface area contributed by atoms with Gasteiger partial charge in [0.15, 0.2) is 0 Å². The number of rotatable bonds is 7. The number of amides is 1. The van der Waals surface area contributed by atoms with Crippen molar-refractivity contribution in [3.8, 4) is 5.75 Å². The van der Waals surface area contributed by atoms with E-state index in [0.29, 0.717) is 18.7 Å². The van der Waals surface area contributed by atoms with E-state index in [2.05, 4.69) is 16.9 Å². The lowest BCUT2D eigenvalue weighted by molar-refractivity contribution is 0.0642. The van der Waals surface area contributed by atoms with Gasteiger partial charge in [0.05, 0.1) is 12.2 Å². The second-order valence-electron chi connectivity index (χ2n) is 6.71. The highest BCUT2D eigenvalue weighted by Crippen LogP contribution is 2.21. The summed E-state index contributed by atoms with van der Waals surface area (Å²) < 4.78 is 5.52. The number of hydrogen-bond donors (Lipinski definition) is 1. The summed E-state index contributed by atoms with van der Waals surface area (Å²) in [6.07, 6.45) is 6.52. The van der Waals surface area contributed by atoms with Crippen molar-refractivity contribution < 1.29 is 9.53 Å².